The average Bonchev–Trinajstić information content (AvgIpc) is 3.57. The molecule has 4 heterocycles. The lowest BCUT2D eigenvalue weighted by molar-refractivity contribution is -0.143. The molecule has 0 spiro atoms. The van der Waals surface area contributed by atoms with Crippen molar-refractivity contribution in [1.82, 2.24) is 9.88 Å². The van der Waals surface area contributed by atoms with Gasteiger partial charge in [0.2, 0.25) is 5.91 Å². The van der Waals surface area contributed by atoms with Gasteiger partial charge in [0.05, 0.1) is 37.1 Å². The maximum Gasteiger partial charge on any atom is 0.308 e. The molecule has 39 heavy (non-hydrogen) atoms. The summed E-state index contributed by atoms with van der Waals surface area (Å²) in [6.45, 7) is 4.89. The third kappa shape index (κ3) is 6.44. The number of ether oxygens (including phenoxy) is 2. The van der Waals surface area contributed by atoms with Crippen LogP contribution in [0.4, 0.5) is 5.69 Å². The maximum absolute atomic E-state index is 13.8. The third-order valence-corrected chi connectivity index (χ3v) is 8.57. The first-order valence-corrected chi connectivity index (χ1v) is 14.6. The lowest BCUT2D eigenvalue weighted by Gasteiger charge is -2.31. The number of aromatic nitrogens is 1. The second-order valence-electron chi connectivity index (χ2n) is 11.1. The van der Waals surface area contributed by atoms with Crippen LogP contribution >= 0.6 is 0 Å². The van der Waals surface area contributed by atoms with Crippen LogP contribution in [0.15, 0.2) is 42.7 Å². The highest BCUT2D eigenvalue weighted by Crippen LogP contribution is 2.42. The predicted molar refractivity (Wildman–Crippen MR) is 149 cm³/mol. The van der Waals surface area contributed by atoms with Crippen molar-refractivity contribution in [2.75, 3.05) is 37.7 Å². The Hall–Kier alpha value is -2.97. The van der Waals surface area contributed by atoms with Crippen LogP contribution in [0.3, 0.4) is 0 Å². The zero-order valence-electron chi connectivity index (χ0n) is 23.0. The van der Waals surface area contributed by atoms with Crippen molar-refractivity contribution in [3.05, 3.63) is 53.9 Å². The molecule has 2 aromatic rings. The van der Waals surface area contributed by atoms with Gasteiger partial charge in [-0.2, -0.15) is 0 Å². The van der Waals surface area contributed by atoms with E-state index in [1.807, 2.05) is 29.2 Å². The molecule has 1 N–H and O–H groups in total. The Balaban J connectivity index is 1.40. The van der Waals surface area contributed by atoms with Crippen molar-refractivity contribution in [3.8, 4) is 5.75 Å². The van der Waals surface area contributed by atoms with Crippen LogP contribution in [0.25, 0.3) is 0 Å². The van der Waals surface area contributed by atoms with E-state index in [0.717, 1.165) is 74.1 Å². The quantitative estimate of drug-likeness (QED) is 0.447. The summed E-state index contributed by atoms with van der Waals surface area (Å²) in [5, 5.41) is 10.5. The predicted octanol–water partition coefficient (Wildman–Crippen LogP) is 4.67. The number of hydrogen-bond acceptors (Lipinski definition) is 6. The molecule has 4 atom stereocenters. The summed E-state index contributed by atoms with van der Waals surface area (Å²) >= 11 is 0. The molecule has 3 aliphatic heterocycles. The van der Waals surface area contributed by atoms with Crippen LogP contribution in [-0.2, 0) is 20.7 Å². The molecule has 2 fully saturated rings. The number of unbranched alkanes of at least 4 members (excludes halogenated alkanes) is 1. The van der Waals surface area contributed by atoms with E-state index >= 15 is 0 Å². The maximum atomic E-state index is 13.8. The standard InChI is InChI=1S/C31H41N3O5/c1-2-3-15-34(24-7-6-14-32-19-24)29(35)21-33-20-26(22-9-12-28-23(18-22)13-17-39-28)30(31(36)37)27(33)11-10-25-8-4-5-16-38-25/h6-7,9,12,14,18-19,25-27,30H,2-5,8,10-11,13,15-17,20-21H2,1H3,(H,36,37). The number of benzene rings is 1. The lowest BCUT2D eigenvalue weighted by Crippen LogP contribution is -2.45. The fourth-order valence-corrected chi connectivity index (χ4v) is 6.51. The number of rotatable bonds is 11. The number of amides is 1. The molecule has 5 rings (SSSR count). The van der Waals surface area contributed by atoms with E-state index in [0.29, 0.717) is 26.1 Å². The van der Waals surface area contributed by atoms with Gasteiger partial charge in [0.15, 0.2) is 0 Å². The SMILES string of the molecule is CCCCN(C(=O)CN1CC(c2ccc3c(c2)CCO3)C(C(=O)O)C1CCC1CCCCO1)c1cccnc1. The number of hydrogen-bond donors (Lipinski definition) is 1. The molecule has 2 saturated heterocycles. The Kier molecular flexibility index (Phi) is 9.14. The van der Waals surface area contributed by atoms with Crippen LogP contribution < -0.4 is 9.64 Å². The molecule has 1 amide bonds. The number of carbonyl (C=O) groups excluding carboxylic acids is 1. The van der Waals surface area contributed by atoms with Crippen LogP contribution in [0.2, 0.25) is 0 Å². The van der Waals surface area contributed by atoms with E-state index in [4.69, 9.17) is 9.47 Å². The van der Waals surface area contributed by atoms with E-state index in [-0.39, 0.29) is 30.5 Å². The fraction of sp³-hybridized carbons (Fsp3) is 0.581. The van der Waals surface area contributed by atoms with E-state index in [1.165, 1.54) is 0 Å². The summed E-state index contributed by atoms with van der Waals surface area (Å²) in [5.41, 5.74) is 2.95. The number of likely N-dealkylation sites (tertiary alicyclic amines) is 1. The summed E-state index contributed by atoms with van der Waals surface area (Å²) in [6, 6.07) is 9.63. The molecule has 210 valence electrons. The molecule has 8 heteroatoms. The molecule has 0 radical (unpaired) electrons. The first-order valence-electron chi connectivity index (χ1n) is 14.6. The third-order valence-electron chi connectivity index (χ3n) is 8.57. The molecule has 4 unspecified atom stereocenters. The largest absolute Gasteiger partial charge is 0.493 e. The summed E-state index contributed by atoms with van der Waals surface area (Å²) in [5.74, 6) is -0.700. The van der Waals surface area contributed by atoms with Gasteiger partial charge in [-0.3, -0.25) is 19.5 Å². The Morgan fingerprint density at radius 1 is 1.18 bits per heavy atom. The normalized spacial score (nSPS) is 24.7. The molecule has 3 aliphatic rings. The number of aliphatic carboxylic acids is 1. The lowest BCUT2D eigenvalue weighted by atomic mass is 9.82. The number of carboxylic acids is 1. The monoisotopic (exact) mass is 535 g/mol. The number of fused-ring (bicyclic) bond motifs is 1. The Morgan fingerprint density at radius 3 is 2.82 bits per heavy atom. The van der Waals surface area contributed by atoms with Crippen LogP contribution in [-0.4, -0.2) is 71.9 Å². The highest BCUT2D eigenvalue weighted by molar-refractivity contribution is 5.94. The van der Waals surface area contributed by atoms with Gasteiger partial charge in [-0.05, 0) is 67.9 Å². The smallest absolute Gasteiger partial charge is 0.308 e. The summed E-state index contributed by atoms with van der Waals surface area (Å²) in [4.78, 5) is 34.8. The van der Waals surface area contributed by atoms with E-state index < -0.39 is 11.9 Å². The topological polar surface area (TPSA) is 92.2 Å². The van der Waals surface area contributed by atoms with Gasteiger partial charge in [0.25, 0.3) is 0 Å². The second kappa shape index (κ2) is 12.9. The van der Waals surface area contributed by atoms with Gasteiger partial charge in [0.1, 0.15) is 5.75 Å². The van der Waals surface area contributed by atoms with Crippen molar-refractivity contribution in [2.45, 2.75) is 76.4 Å². The second-order valence-corrected chi connectivity index (χ2v) is 11.1. The molecule has 0 bridgehead atoms. The van der Waals surface area contributed by atoms with Gasteiger partial charge >= 0.3 is 5.97 Å². The highest BCUT2D eigenvalue weighted by Gasteiger charge is 2.47. The zero-order valence-corrected chi connectivity index (χ0v) is 23.0. The number of nitrogens with zero attached hydrogens (tertiary/aromatic N) is 3. The van der Waals surface area contributed by atoms with Gasteiger partial charge in [-0.15, -0.1) is 0 Å². The molecular weight excluding hydrogens is 494 g/mol. The van der Waals surface area contributed by atoms with Gasteiger partial charge in [-0.1, -0.05) is 25.5 Å². The molecule has 0 saturated carbocycles. The minimum absolute atomic E-state index is 0.0116. The molecular formula is C31H41N3O5. The van der Waals surface area contributed by atoms with Crippen LogP contribution in [0, 0.1) is 5.92 Å². The molecule has 1 aromatic carbocycles. The number of carboxylic acid groups (broad SMARTS) is 1. The van der Waals surface area contributed by atoms with Gasteiger partial charge in [0, 0.05) is 44.3 Å². The van der Waals surface area contributed by atoms with E-state index in [1.54, 1.807) is 12.4 Å². The Bertz CT molecular complexity index is 1120. The van der Waals surface area contributed by atoms with Crippen LogP contribution in [0.5, 0.6) is 5.75 Å². The summed E-state index contributed by atoms with van der Waals surface area (Å²) < 4.78 is 11.7. The number of carbonyl (C=O) groups is 2. The van der Waals surface area contributed by atoms with Crippen molar-refractivity contribution in [1.29, 1.82) is 0 Å². The molecule has 0 aliphatic carbocycles. The van der Waals surface area contributed by atoms with Gasteiger partial charge in [-0.25, -0.2) is 0 Å². The summed E-state index contributed by atoms with van der Waals surface area (Å²) in [6.07, 6.45) is 11.1. The Morgan fingerprint density at radius 2 is 2.08 bits per heavy atom. The van der Waals surface area contributed by atoms with Crippen molar-refractivity contribution >= 4 is 17.6 Å². The first kappa shape index (κ1) is 27.6. The first-order chi connectivity index (χ1) is 19.0. The average molecular weight is 536 g/mol. The zero-order chi connectivity index (χ0) is 27.2. The van der Waals surface area contributed by atoms with Crippen molar-refractivity contribution in [2.24, 2.45) is 5.92 Å². The van der Waals surface area contributed by atoms with Gasteiger partial charge < -0.3 is 19.5 Å². The van der Waals surface area contributed by atoms with E-state index in [2.05, 4.69) is 22.9 Å². The van der Waals surface area contributed by atoms with E-state index in [9.17, 15) is 14.7 Å². The minimum atomic E-state index is -0.795. The Labute approximate surface area is 231 Å². The highest BCUT2D eigenvalue weighted by atomic mass is 16.5. The fourth-order valence-electron chi connectivity index (χ4n) is 6.51. The summed E-state index contributed by atoms with van der Waals surface area (Å²) in [7, 11) is 0. The molecule has 8 nitrogen and oxygen atoms in total. The molecule has 1 aromatic heterocycles. The van der Waals surface area contributed by atoms with Crippen molar-refractivity contribution in [3.63, 3.8) is 0 Å². The van der Waals surface area contributed by atoms with Crippen molar-refractivity contribution < 1.29 is 24.2 Å². The van der Waals surface area contributed by atoms with Crippen LogP contribution in [0.1, 0.15) is 68.9 Å². The number of anilines is 1. The minimum Gasteiger partial charge on any atom is -0.493 e. The number of pyridine rings is 1.